The Balaban J connectivity index is 2.44. The molecule has 0 aliphatic carbocycles. The summed E-state index contributed by atoms with van der Waals surface area (Å²) in [4.78, 5) is 20.8. The predicted octanol–water partition coefficient (Wildman–Crippen LogP) is 0.0511. The van der Waals surface area contributed by atoms with Crippen molar-refractivity contribution in [2.24, 2.45) is 0 Å². The van der Waals surface area contributed by atoms with Crippen LogP contribution in [0.1, 0.15) is 12.8 Å². The summed E-state index contributed by atoms with van der Waals surface area (Å²) in [5.74, 6) is -1.24. The van der Waals surface area contributed by atoms with Crippen molar-refractivity contribution < 1.29 is 14.8 Å². The zero-order valence-corrected chi connectivity index (χ0v) is 7.16. The summed E-state index contributed by atoms with van der Waals surface area (Å²) in [5.41, 5.74) is 0. The summed E-state index contributed by atoms with van der Waals surface area (Å²) < 4.78 is 0. The second-order valence-electron chi connectivity index (χ2n) is 2.55. The molecular weight excluding hydrogens is 192 g/mol. The van der Waals surface area contributed by atoms with E-state index in [0.29, 0.717) is 6.42 Å². The van der Waals surface area contributed by atoms with Gasteiger partial charge in [-0.05, 0) is 11.3 Å². The smallest absolute Gasteiger partial charge is 0.410 e. The minimum absolute atomic E-state index is 0.00463. The van der Waals surface area contributed by atoms with Crippen LogP contribution in [0.5, 0.6) is 0 Å². The molecule has 76 valence electrons. The van der Waals surface area contributed by atoms with E-state index < -0.39 is 10.9 Å². The van der Waals surface area contributed by atoms with Crippen LogP contribution >= 0.6 is 0 Å². The van der Waals surface area contributed by atoms with Crippen molar-refractivity contribution in [3.8, 4) is 0 Å². The van der Waals surface area contributed by atoms with Gasteiger partial charge in [-0.2, -0.15) is 0 Å². The molecule has 0 bridgehead atoms. The molecule has 1 aromatic heterocycles. The van der Waals surface area contributed by atoms with Crippen molar-refractivity contribution in [3.05, 3.63) is 16.3 Å². The van der Waals surface area contributed by atoms with Gasteiger partial charge < -0.3 is 15.2 Å². The first-order valence-corrected chi connectivity index (χ1v) is 3.86. The highest BCUT2D eigenvalue weighted by Crippen LogP contribution is 2.02. The Morgan fingerprint density at radius 1 is 1.71 bits per heavy atom. The van der Waals surface area contributed by atoms with E-state index in [4.69, 9.17) is 5.11 Å². The molecular formula is C6H8N4O4. The zero-order valence-electron chi connectivity index (χ0n) is 7.16. The molecule has 0 spiro atoms. The average molecular weight is 200 g/mol. The fourth-order valence-electron chi connectivity index (χ4n) is 0.851. The number of carbonyl (C=O) groups is 1. The second-order valence-corrected chi connectivity index (χ2v) is 2.55. The molecule has 1 rings (SSSR count). The van der Waals surface area contributed by atoms with Crippen molar-refractivity contribution in [3.63, 3.8) is 0 Å². The maximum absolute atomic E-state index is 10.2. The average Bonchev–Trinajstić information content (AvgIpc) is 2.52. The monoisotopic (exact) mass is 200 g/mol. The first kappa shape index (κ1) is 10.1. The fourth-order valence-corrected chi connectivity index (χ4v) is 0.851. The highest BCUT2D eigenvalue weighted by atomic mass is 16.6. The van der Waals surface area contributed by atoms with Crippen LogP contribution in [0.3, 0.4) is 0 Å². The van der Waals surface area contributed by atoms with Crippen LogP contribution in [0.15, 0.2) is 6.20 Å². The number of carboxylic acids is 1. The van der Waals surface area contributed by atoms with Crippen LogP contribution in [0.2, 0.25) is 0 Å². The van der Waals surface area contributed by atoms with Crippen molar-refractivity contribution in [1.29, 1.82) is 0 Å². The van der Waals surface area contributed by atoms with Crippen molar-refractivity contribution >= 4 is 11.8 Å². The number of hydrogen-bond acceptors (Lipinski definition) is 5. The summed E-state index contributed by atoms with van der Waals surface area (Å²) in [5, 5.41) is 25.6. The largest absolute Gasteiger partial charge is 0.481 e. The molecule has 0 aromatic carbocycles. The predicted molar refractivity (Wildman–Crippen MR) is 43.5 cm³/mol. The van der Waals surface area contributed by atoms with Crippen LogP contribution in [0.4, 0.5) is 5.82 Å². The first-order chi connectivity index (χ1) is 6.59. The van der Waals surface area contributed by atoms with E-state index >= 15 is 0 Å². The van der Waals surface area contributed by atoms with E-state index in [2.05, 4.69) is 10.2 Å². The van der Waals surface area contributed by atoms with E-state index in [1.54, 1.807) is 0 Å². The lowest BCUT2D eigenvalue weighted by Gasteiger charge is -1.91. The van der Waals surface area contributed by atoms with Crippen LogP contribution in [-0.2, 0) is 11.3 Å². The number of aliphatic carboxylic acids is 1. The number of rotatable bonds is 5. The maximum Gasteiger partial charge on any atom is 0.410 e. The molecule has 0 fully saturated rings. The van der Waals surface area contributed by atoms with Crippen LogP contribution < -0.4 is 0 Å². The van der Waals surface area contributed by atoms with Crippen LogP contribution in [0.25, 0.3) is 0 Å². The number of carboxylic acid groups (broad SMARTS) is 1. The molecule has 0 amide bonds. The fraction of sp³-hybridized carbons (Fsp3) is 0.500. The summed E-state index contributed by atoms with van der Waals surface area (Å²) in [6, 6.07) is 0. The van der Waals surface area contributed by atoms with Gasteiger partial charge in [0.15, 0.2) is 6.20 Å². The molecule has 1 N–H and O–H groups in total. The summed E-state index contributed by atoms with van der Waals surface area (Å²) in [6.45, 7) is 0.264. The van der Waals surface area contributed by atoms with Crippen LogP contribution in [-0.4, -0.2) is 31.0 Å². The van der Waals surface area contributed by atoms with Gasteiger partial charge in [-0.15, -0.1) is 5.10 Å². The molecule has 0 unspecified atom stereocenters. The van der Waals surface area contributed by atoms with Gasteiger partial charge in [0.05, 0.1) is 11.6 Å². The van der Waals surface area contributed by atoms with E-state index in [1.807, 2.05) is 0 Å². The normalized spacial score (nSPS) is 10.0. The van der Waals surface area contributed by atoms with Gasteiger partial charge in [0.2, 0.25) is 0 Å². The summed E-state index contributed by atoms with van der Waals surface area (Å²) >= 11 is 0. The minimum Gasteiger partial charge on any atom is -0.481 e. The molecule has 0 radical (unpaired) electrons. The zero-order chi connectivity index (χ0) is 10.6. The third-order valence-electron chi connectivity index (χ3n) is 1.46. The molecule has 14 heavy (non-hydrogen) atoms. The third kappa shape index (κ3) is 2.81. The highest BCUT2D eigenvalue weighted by molar-refractivity contribution is 5.66. The summed E-state index contributed by atoms with van der Waals surface area (Å²) in [7, 11) is 0. The Labute approximate surface area is 78.3 Å². The van der Waals surface area contributed by atoms with Gasteiger partial charge in [-0.25, -0.2) is 0 Å². The molecule has 0 atom stereocenters. The second kappa shape index (κ2) is 4.30. The highest BCUT2D eigenvalue weighted by Gasteiger charge is 2.12. The molecule has 8 heteroatoms. The topological polar surface area (TPSA) is 111 Å². The molecule has 0 aliphatic heterocycles. The lowest BCUT2D eigenvalue weighted by molar-refractivity contribution is -0.389. The Hall–Kier alpha value is -1.99. The standard InChI is InChI=1S/C6H8N4O4/c11-6(12)2-1-3-9-7-4-5(8-9)10(13)14/h4H,1-3H2,(H,11,12). The number of aryl methyl sites for hydroxylation is 1. The summed E-state index contributed by atoms with van der Waals surface area (Å²) in [6.07, 6.45) is 1.37. The number of hydrogen-bond donors (Lipinski definition) is 1. The lowest BCUT2D eigenvalue weighted by Crippen LogP contribution is -2.05. The molecule has 1 heterocycles. The Kier molecular flexibility index (Phi) is 3.10. The maximum atomic E-state index is 10.2. The van der Waals surface area contributed by atoms with E-state index in [9.17, 15) is 14.9 Å². The van der Waals surface area contributed by atoms with E-state index in [1.165, 1.54) is 0 Å². The Bertz CT molecular complexity index is 347. The number of nitro groups is 1. The molecule has 8 nitrogen and oxygen atoms in total. The molecule has 0 saturated carbocycles. The minimum atomic E-state index is -0.911. The molecule has 0 saturated heterocycles. The van der Waals surface area contributed by atoms with Gasteiger partial charge in [-0.1, -0.05) is 4.80 Å². The van der Waals surface area contributed by atoms with Crippen molar-refractivity contribution in [2.75, 3.05) is 0 Å². The van der Waals surface area contributed by atoms with E-state index in [0.717, 1.165) is 11.0 Å². The SMILES string of the molecule is O=C(O)CCCn1ncc([N+](=O)[O-])n1. The third-order valence-corrected chi connectivity index (χ3v) is 1.46. The van der Waals surface area contributed by atoms with Gasteiger partial charge in [-0.3, -0.25) is 4.79 Å². The van der Waals surface area contributed by atoms with E-state index in [-0.39, 0.29) is 18.8 Å². The molecule has 1 aromatic rings. The van der Waals surface area contributed by atoms with Crippen molar-refractivity contribution in [1.82, 2.24) is 15.0 Å². The van der Waals surface area contributed by atoms with Crippen LogP contribution in [0, 0.1) is 10.1 Å². The lowest BCUT2D eigenvalue weighted by atomic mass is 10.3. The quantitative estimate of drug-likeness (QED) is 0.531. The first-order valence-electron chi connectivity index (χ1n) is 3.86. The van der Waals surface area contributed by atoms with Gasteiger partial charge in [0.1, 0.15) is 0 Å². The van der Waals surface area contributed by atoms with Gasteiger partial charge >= 0.3 is 11.8 Å². The van der Waals surface area contributed by atoms with Gasteiger partial charge in [0, 0.05) is 6.42 Å². The molecule has 0 aliphatic rings. The number of nitrogens with zero attached hydrogens (tertiary/aromatic N) is 4. The van der Waals surface area contributed by atoms with Crippen molar-refractivity contribution in [2.45, 2.75) is 19.4 Å². The Morgan fingerprint density at radius 3 is 2.93 bits per heavy atom. The number of aromatic nitrogens is 3. The Morgan fingerprint density at radius 2 is 2.43 bits per heavy atom. The van der Waals surface area contributed by atoms with Gasteiger partial charge in [0.25, 0.3) is 0 Å².